The van der Waals surface area contributed by atoms with Crippen LogP contribution in [0.5, 0.6) is 5.75 Å². The predicted molar refractivity (Wildman–Crippen MR) is 209 cm³/mol. The van der Waals surface area contributed by atoms with Crippen LogP contribution < -0.4 is 43.4 Å². The van der Waals surface area contributed by atoms with Crippen molar-refractivity contribution in [1.82, 2.24) is 31.9 Å². The Morgan fingerprint density at radius 3 is 1.64 bits per heavy atom. The summed E-state index contributed by atoms with van der Waals surface area (Å²) < 4.78 is 0. The predicted octanol–water partition coefficient (Wildman–Crippen LogP) is -3.51. The maximum atomic E-state index is 13.7. The number of phenols is 1. The lowest BCUT2D eigenvalue weighted by atomic mass is 10.0. The SMILES string of the molecule is C[C@H](N)C(=O)N[C@@H](CO)C(=O)N[C@@H](Cc1ccc(O)cc1)C(=O)N[C@@H](CC(=O)O)C(=O)N[C@H](C(=O)N[C@@H](CCCCN)C(=O)N[C@@H](Cc1ccccc1)C(=O)O)[C@@H](C)O. The molecule has 59 heavy (non-hydrogen) atoms. The summed E-state index contributed by atoms with van der Waals surface area (Å²) in [6.07, 6.45) is -2.40. The Balaban J connectivity index is 2.33. The third-order valence-electron chi connectivity index (χ3n) is 8.79. The molecule has 21 nitrogen and oxygen atoms in total. The minimum atomic E-state index is -1.93. The molecule has 2 aromatic rings. The number of rotatable bonds is 25. The summed E-state index contributed by atoms with van der Waals surface area (Å²) in [4.78, 5) is 103. The van der Waals surface area contributed by atoms with Gasteiger partial charge in [-0.2, -0.15) is 0 Å². The van der Waals surface area contributed by atoms with Crippen molar-refractivity contribution in [1.29, 1.82) is 0 Å². The van der Waals surface area contributed by atoms with Gasteiger partial charge in [-0.25, -0.2) is 4.79 Å². The van der Waals surface area contributed by atoms with Gasteiger partial charge in [0.2, 0.25) is 35.4 Å². The van der Waals surface area contributed by atoms with E-state index in [4.69, 9.17) is 11.5 Å². The summed E-state index contributed by atoms with van der Waals surface area (Å²) in [5, 5.41) is 63.3. The summed E-state index contributed by atoms with van der Waals surface area (Å²) >= 11 is 0. The summed E-state index contributed by atoms with van der Waals surface area (Å²) in [5.74, 6) is -9.29. The molecule has 0 fully saturated rings. The maximum Gasteiger partial charge on any atom is 0.326 e. The zero-order chi connectivity index (χ0) is 44.2. The number of carboxylic acids is 2. The largest absolute Gasteiger partial charge is 0.508 e. The molecule has 2 aromatic carbocycles. The fourth-order valence-electron chi connectivity index (χ4n) is 5.51. The van der Waals surface area contributed by atoms with Crippen molar-refractivity contribution < 1.29 is 63.9 Å². The standard InChI is InChI=1S/C38H54N8O13/c1-20(40)32(52)45-29(19-47)36(56)42-26(16-23-11-13-24(49)14-12-23)34(54)43-27(18-30(50)51)35(55)46-31(21(2)48)37(57)41-25(10-6-7-15-39)33(53)44-28(38(58)59)17-22-8-4-3-5-9-22/h3-5,8-9,11-14,20-21,25-29,31,47-49H,6-7,10,15-19,39-40H2,1-2H3,(H,41,57)(H,42,56)(H,43,54)(H,44,53)(H,45,52)(H,46,55)(H,50,51)(H,58,59)/t20-,21+,25-,26-,27-,28-,29-,31-/m0/s1. The Labute approximate surface area is 339 Å². The molecule has 21 heteroatoms. The number of amides is 6. The van der Waals surface area contributed by atoms with Crippen LogP contribution in [0, 0.1) is 0 Å². The quantitative estimate of drug-likeness (QED) is 0.0432. The Morgan fingerprint density at radius 1 is 0.610 bits per heavy atom. The van der Waals surface area contributed by atoms with Crippen LogP contribution in [-0.2, 0) is 51.2 Å². The summed E-state index contributed by atoms with van der Waals surface area (Å²) in [6, 6.07) is 3.08. The minimum absolute atomic E-state index is 0.0230. The summed E-state index contributed by atoms with van der Waals surface area (Å²) in [6.45, 7) is 1.77. The fraction of sp³-hybridized carbons (Fsp3) is 0.474. The average molecular weight is 831 g/mol. The van der Waals surface area contributed by atoms with Crippen LogP contribution in [0.4, 0.5) is 0 Å². The second kappa shape index (κ2) is 24.6. The zero-order valence-corrected chi connectivity index (χ0v) is 32.6. The molecule has 15 N–H and O–H groups in total. The number of carboxylic acid groups (broad SMARTS) is 2. The van der Waals surface area contributed by atoms with Crippen molar-refractivity contribution in [3.63, 3.8) is 0 Å². The molecule has 0 bridgehead atoms. The lowest BCUT2D eigenvalue weighted by molar-refractivity contribution is -0.142. The fourth-order valence-corrected chi connectivity index (χ4v) is 5.51. The summed E-state index contributed by atoms with van der Waals surface area (Å²) in [7, 11) is 0. The molecule has 0 spiro atoms. The zero-order valence-electron chi connectivity index (χ0n) is 32.6. The molecule has 0 aliphatic heterocycles. The van der Waals surface area contributed by atoms with Gasteiger partial charge in [-0.05, 0) is 62.9 Å². The highest BCUT2D eigenvalue weighted by Gasteiger charge is 2.36. The number of unbranched alkanes of at least 4 members (excludes halogenated alkanes) is 1. The number of aliphatic carboxylic acids is 2. The number of carbonyl (C=O) groups excluding carboxylic acids is 6. The Morgan fingerprint density at radius 2 is 1.10 bits per heavy atom. The van der Waals surface area contributed by atoms with Crippen molar-refractivity contribution in [2.24, 2.45) is 11.5 Å². The molecule has 0 saturated heterocycles. The smallest absolute Gasteiger partial charge is 0.326 e. The first kappa shape index (κ1) is 49.0. The molecule has 0 unspecified atom stereocenters. The first-order valence-corrected chi connectivity index (χ1v) is 18.7. The highest BCUT2D eigenvalue weighted by Crippen LogP contribution is 2.13. The van der Waals surface area contributed by atoms with Crippen LogP contribution >= 0.6 is 0 Å². The molecule has 6 amide bonds. The first-order valence-electron chi connectivity index (χ1n) is 18.7. The van der Waals surface area contributed by atoms with E-state index in [1.807, 2.05) is 0 Å². The van der Waals surface area contributed by atoms with E-state index in [1.165, 1.54) is 31.2 Å². The van der Waals surface area contributed by atoms with Gasteiger partial charge in [0.05, 0.1) is 25.2 Å². The molecule has 0 heterocycles. The number of phenolic OH excluding ortho intramolecular Hbond substituents is 1. The Hall–Kier alpha value is -6.16. The Bertz CT molecular complexity index is 1740. The number of aliphatic hydroxyl groups is 2. The van der Waals surface area contributed by atoms with Gasteiger partial charge in [-0.1, -0.05) is 42.5 Å². The van der Waals surface area contributed by atoms with Crippen LogP contribution in [0.2, 0.25) is 0 Å². The number of aromatic hydroxyl groups is 1. The van der Waals surface area contributed by atoms with Gasteiger partial charge in [0, 0.05) is 12.8 Å². The van der Waals surface area contributed by atoms with Gasteiger partial charge in [0.25, 0.3) is 0 Å². The highest BCUT2D eigenvalue weighted by atomic mass is 16.4. The van der Waals surface area contributed by atoms with Crippen molar-refractivity contribution >= 4 is 47.4 Å². The highest BCUT2D eigenvalue weighted by molar-refractivity contribution is 5.98. The molecule has 8 atom stereocenters. The van der Waals surface area contributed by atoms with Crippen LogP contribution in [0.1, 0.15) is 50.7 Å². The van der Waals surface area contributed by atoms with Gasteiger partial charge in [0.15, 0.2) is 0 Å². The number of hydrogen-bond donors (Lipinski definition) is 13. The number of nitrogens with one attached hydrogen (secondary N) is 6. The Kier molecular flexibility index (Phi) is 20.4. The average Bonchev–Trinajstić information content (AvgIpc) is 3.18. The number of nitrogens with two attached hydrogens (primary N) is 2. The third kappa shape index (κ3) is 17.1. The lowest BCUT2D eigenvalue weighted by Gasteiger charge is -2.28. The molecule has 0 radical (unpaired) electrons. The molecule has 0 saturated carbocycles. The van der Waals surface area contributed by atoms with Crippen LogP contribution in [0.25, 0.3) is 0 Å². The number of benzene rings is 2. The molecule has 324 valence electrons. The van der Waals surface area contributed by atoms with Crippen LogP contribution in [0.3, 0.4) is 0 Å². The van der Waals surface area contributed by atoms with Gasteiger partial charge in [0.1, 0.15) is 42.0 Å². The van der Waals surface area contributed by atoms with Gasteiger partial charge in [-0.15, -0.1) is 0 Å². The van der Waals surface area contributed by atoms with Crippen LogP contribution in [-0.4, -0.2) is 134 Å². The van der Waals surface area contributed by atoms with Gasteiger partial charge in [-0.3, -0.25) is 33.6 Å². The second-order valence-electron chi connectivity index (χ2n) is 13.8. The van der Waals surface area contributed by atoms with E-state index in [-0.39, 0.29) is 31.6 Å². The third-order valence-corrected chi connectivity index (χ3v) is 8.79. The van der Waals surface area contributed by atoms with Crippen molar-refractivity contribution in [3.8, 4) is 5.75 Å². The molecule has 0 aromatic heterocycles. The number of aliphatic hydroxyl groups excluding tert-OH is 2. The van der Waals surface area contributed by atoms with Crippen molar-refractivity contribution in [2.75, 3.05) is 13.2 Å². The second-order valence-corrected chi connectivity index (χ2v) is 13.8. The monoisotopic (exact) mass is 830 g/mol. The molecule has 2 rings (SSSR count). The van der Waals surface area contributed by atoms with E-state index >= 15 is 0 Å². The van der Waals surface area contributed by atoms with E-state index < -0.39 is 109 Å². The van der Waals surface area contributed by atoms with E-state index in [1.54, 1.807) is 30.3 Å². The van der Waals surface area contributed by atoms with E-state index in [0.29, 0.717) is 24.0 Å². The van der Waals surface area contributed by atoms with Crippen molar-refractivity contribution in [2.45, 2.75) is 101 Å². The molecule has 0 aliphatic carbocycles. The number of carbonyl (C=O) groups is 8. The van der Waals surface area contributed by atoms with Crippen molar-refractivity contribution in [3.05, 3.63) is 65.7 Å². The van der Waals surface area contributed by atoms with Gasteiger partial charge < -0.3 is 68.9 Å². The first-order chi connectivity index (χ1) is 27.9. The topological polar surface area (TPSA) is 362 Å². The number of hydrogen-bond acceptors (Lipinski definition) is 13. The van der Waals surface area contributed by atoms with E-state index in [2.05, 4.69) is 31.9 Å². The van der Waals surface area contributed by atoms with Crippen LogP contribution in [0.15, 0.2) is 54.6 Å². The van der Waals surface area contributed by atoms with Gasteiger partial charge >= 0.3 is 11.9 Å². The summed E-state index contributed by atoms with van der Waals surface area (Å²) in [5.41, 5.74) is 12.1. The molecular formula is C38H54N8O13. The van der Waals surface area contributed by atoms with E-state index in [9.17, 15) is 63.9 Å². The normalized spacial score (nSPS) is 15.0. The van der Waals surface area contributed by atoms with E-state index in [0.717, 1.165) is 6.92 Å². The molecule has 0 aliphatic rings. The minimum Gasteiger partial charge on any atom is -0.508 e. The lowest BCUT2D eigenvalue weighted by Crippen LogP contribution is -2.62. The maximum absolute atomic E-state index is 13.7. The molecular weight excluding hydrogens is 776 g/mol.